The fourth-order valence-corrected chi connectivity index (χ4v) is 2.75. The number of halogens is 2. The van der Waals surface area contributed by atoms with Crippen molar-refractivity contribution in [2.24, 2.45) is 0 Å². The van der Waals surface area contributed by atoms with Crippen molar-refractivity contribution in [2.45, 2.75) is 25.5 Å². The average molecular weight is 364 g/mol. The Morgan fingerprint density at radius 2 is 2.23 bits per heavy atom. The molecule has 1 aliphatic rings. The fourth-order valence-electron chi connectivity index (χ4n) is 2.75. The summed E-state index contributed by atoms with van der Waals surface area (Å²) in [5.74, 6) is -2.49. The van der Waals surface area contributed by atoms with Crippen LogP contribution in [0.2, 0.25) is 0 Å². The standard InChI is InChI=1S/C18H18F2N2O4/c1-25-15-8-13(14-3-2-6-26-14)22-16(17(15)23)18(24)21-9-10-4-5-11(19)7-12(10)20/h4-5,7-8,14,23H,2-3,6,9H2,1H3,(H,21,24). The maximum Gasteiger partial charge on any atom is 0.274 e. The number of hydrogen-bond donors (Lipinski definition) is 2. The van der Waals surface area contributed by atoms with Gasteiger partial charge in [-0.05, 0) is 18.9 Å². The van der Waals surface area contributed by atoms with Crippen molar-refractivity contribution in [3.05, 3.63) is 52.9 Å². The van der Waals surface area contributed by atoms with Gasteiger partial charge in [-0.25, -0.2) is 13.8 Å². The summed E-state index contributed by atoms with van der Waals surface area (Å²) in [5, 5.41) is 12.7. The molecule has 1 amide bonds. The van der Waals surface area contributed by atoms with Gasteiger partial charge in [-0.3, -0.25) is 4.79 Å². The average Bonchev–Trinajstić information content (AvgIpc) is 3.15. The number of nitrogens with one attached hydrogen (secondary N) is 1. The SMILES string of the molecule is COc1cc(C2CCCO2)nc(C(=O)NCc2ccc(F)cc2F)c1O. The van der Waals surface area contributed by atoms with Gasteiger partial charge in [-0.1, -0.05) is 6.07 Å². The highest BCUT2D eigenvalue weighted by atomic mass is 19.1. The van der Waals surface area contributed by atoms with E-state index in [0.29, 0.717) is 12.3 Å². The van der Waals surface area contributed by atoms with Crippen LogP contribution in [0.15, 0.2) is 24.3 Å². The zero-order valence-electron chi connectivity index (χ0n) is 14.1. The highest BCUT2D eigenvalue weighted by Crippen LogP contribution is 2.35. The minimum atomic E-state index is -0.770. The minimum absolute atomic E-state index is 0.101. The lowest BCUT2D eigenvalue weighted by Crippen LogP contribution is -2.25. The second-order valence-corrected chi connectivity index (χ2v) is 5.87. The van der Waals surface area contributed by atoms with Crippen LogP contribution < -0.4 is 10.1 Å². The molecule has 0 aliphatic carbocycles. The van der Waals surface area contributed by atoms with Gasteiger partial charge < -0.3 is 19.9 Å². The molecule has 1 unspecified atom stereocenters. The Kier molecular flexibility index (Phi) is 5.32. The number of amides is 1. The van der Waals surface area contributed by atoms with E-state index in [2.05, 4.69) is 10.3 Å². The van der Waals surface area contributed by atoms with Gasteiger partial charge in [0.1, 0.15) is 11.6 Å². The molecule has 1 fully saturated rings. The van der Waals surface area contributed by atoms with Crippen LogP contribution in [-0.2, 0) is 11.3 Å². The third-order valence-electron chi connectivity index (χ3n) is 4.13. The van der Waals surface area contributed by atoms with E-state index in [1.54, 1.807) is 0 Å². The van der Waals surface area contributed by atoms with Crippen molar-refractivity contribution in [1.29, 1.82) is 0 Å². The molecule has 2 N–H and O–H groups in total. The Hall–Kier alpha value is -2.74. The monoisotopic (exact) mass is 364 g/mol. The summed E-state index contributed by atoms with van der Waals surface area (Å²) in [5.41, 5.74) is 0.356. The molecule has 3 rings (SSSR count). The number of rotatable bonds is 5. The molecule has 0 radical (unpaired) electrons. The van der Waals surface area contributed by atoms with Crippen molar-refractivity contribution in [3.8, 4) is 11.5 Å². The van der Waals surface area contributed by atoms with Crippen molar-refractivity contribution in [3.63, 3.8) is 0 Å². The van der Waals surface area contributed by atoms with Gasteiger partial charge in [0.15, 0.2) is 17.2 Å². The van der Waals surface area contributed by atoms with Crippen molar-refractivity contribution < 1.29 is 28.2 Å². The van der Waals surface area contributed by atoms with Crippen LogP contribution in [0.4, 0.5) is 8.78 Å². The molecule has 0 spiro atoms. The van der Waals surface area contributed by atoms with Crippen LogP contribution in [0.25, 0.3) is 0 Å². The lowest BCUT2D eigenvalue weighted by Gasteiger charge is -2.14. The quantitative estimate of drug-likeness (QED) is 0.853. The first-order chi connectivity index (χ1) is 12.5. The van der Waals surface area contributed by atoms with E-state index in [1.807, 2.05) is 0 Å². The minimum Gasteiger partial charge on any atom is -0.503 e. The topological polar surface area (TPSA) is 80.7 Å². The number of carbonyl (C=O) groups excluding carboxylic acids is 1. The first-order valence-electron chi connectivity index (χ1n) is 8.11. The summed E-state index contributed by atoms with van der Waals surface area (Å²) in [6.45, 7) is 0.416. The fraction of sp³-hybridized carbons (Fsp3) is 0.333. The van der Waals surface area contributed by atoms with E-state index >= 15 is 0 Å². The summed E-state index contributed by atoms with van der Waals surface area (Å²) in [6.07, 6.45) is 1.36. The zero-order valence-corrected chi connectivity index (χ0v) is 14.1. The first kappa shape index (κ1) is 18.1. The molecule has 138 valence electrons. The number of methoxy groups -OCH3 is 1. The number of hydrogen-bond acceptors (Lipinski definition) is 5. The summed E-state index contributed by atoms with van der Waals surface area (Å²) >= 11 is 0. The predicted molar refractivity (Wildman–Crippen MR) is 87.9 cm³/mol. The van der Waals surface area contributed by atoms with E-state index < -0.39 is 23.3 Å². The molecule has 1 atom stereocenters. The molecule has 0 saturated carbocycles. The van der Waals surface area contributed by atoms with Gasteiger partial charge in [0.2, 0.25) is 0 Å². The van der Waals surface area contributed by atoms with Crippen LogP contribution in [-0.4, -0.2) is 29.7 Å². The Morgan fingerprint density at radius 3 is 2.88 bits per heavy atom. The highest BCUT2D eigenvalue weighted by Gasteiger charge is 2.25. The molecule has 1 aromatic heterocycles. The summed E-state index contributed by atoms with van der Waals surface area (Å²) < 4.78 is 37.3. The molecule has 2 heterocycles. The van der Waals surface area contributed by atoms with Gasteiger partial charge in [-0.15, -0.1) is 0 Å². The van der Waals surface area contributed by atoms with Crippen molar-refractivity contribution >= 4 is 5.91 Å². The summed E-state index contributed by atoms with van der Waals surface area (Å²) in [6, 6.07) is 4.60. The highest BCUT2D eigenvalue weighted by molar-refractivity contribution is 5.95. The normalized spacial score (nSPS) is 16.5. The number of pyridine rings is 1. The Labute approximate surface area is 148 Å². The number of carbonyl (C=O) groups is 1. The largest absolute Gasteiger partial charge is 0.503 e. The van der Waals surface area contributed by atoms with Gasteiger partial charge in [0, 0.05) is 30.8 Å². The molecule has 1 saturated heterocycles. The van der Waals surface area contributed by atoms with E-state index in [1.165, 1.54) is 19.2 Å². The van der Waals surface area contributed by atoms with E-state index in [9.17, 15) is 18.7 Å². The predicted octanol–water partition coefficient (Wildman–Crippen LogP) is 2.86. The molecular weight excluding hydrogens is 346 g/mol. The van der Waals surface area contributed by atoms with Crippen LogP contribution in [0.5, 0.6) is 11.5 Å². The number of nitrogens with zero attached hydrogens (tertiary/aromatic N) is 1. The first-order valence-corrected chi connectivity index (χ1v) is 8.11. The van der Waals surface area contributed by atoms with Gasteiger partial charge in [-0.2, -0.15) is 0 Å². The Bertz CT molecular complexity index is 823. The molecule has 2 aromatic rings. The lowest BCUT2D eigenvalue weighted by molar-refractivity contribution is 0.0935. The Balaban J connectivity index is 1.82. The zero-order chi connectivity index (χ0) is 18.7. The molecule has 1 aromatic carbocycles. The lowest BCUT2D eigenvalue weighted by atomic mass is 10.1. The number of aromatic nitrogens is 1. The molecular formula is C18H18F2N2O4. The molecule has 1 aliphatic heterocycles. The van der Waals surface area contributed by atoms with E-state index in [4.69, 9.17) is 9.47 Å². The molecule has 0 bridgehead atoms. The third kappa shape index (κ3) is 3.75. The Morgan fingerprint density at radius 1 is 1.42 bits per heavy atom. The molecule has 8 heteroatoms. The number of benzene rings is 1. The summed E-state index contributed by atoms with van der Waals surface area (Å²) in [4.78, 5) is 16.6. The van der Waals surface area contributed by atoms with Gasteiger partial charge >= 0.3 is 0 Å². The third-order valence-corrected chi connectivity index (χ3v) is 4.13. The molecule has 26 heavy (non-hydrogen) atoms. The van der Waals surface area contributed by atoms with Crippen LogP contribution in [0.1, 0.15) is 40.7 Å². The maximum absolute atomic E-state index is 13.7. The van der Waals surface area contributed by atoms with Gasteiger partial charge in [0.25, 0.3) is 5.91 Å². The number of ether oxygens (including phenoxy) is 2. The van der Waals surface area contributed by atoms with E-state index in [0.717, 1.165) is 25.0 Å². The second kappa shape index (κ2) is 7.65. The number of aromatic hydroxyl groups is 1. The second-order valence-electron chi connectivity index (χ2n) is 5.87. The summed E-state index contributed by atoms with van der Waals surface area (Å²) in [7, 11) is 1.36. The molecule has 6 nitrogen and oxygen atoms in total. The van der Waals surface area contributed by atoms with E-state index in [-0.39, 0.29) is 29.7 Å². The van der Waals surface area contributed by atoms with Crippen LogP contribution >= 0.6 is 0 Å². The van der Waals surface area contributed by atoms with Gasteiger partial charge in [0.05, 0.1) is 18.9 Å². The van der Waals surface area contributed by atoms with Crippen LogP contribution in [0, 0.1) is 11.6 Å². The maximum atomic E-state index is 13.7. The smallest absolute Gasteiger partial charge is 0.274 e. The van der Waals surface area contributed by atoms with Crippen molar-refractivity contribution in [1.82, 2.24) is 10.3 Å². The van der Waals surface area contributed by atoms with Crippen LogP contribution in [0.3, 0.4) is 0 Å². The van der Waals surface area contributed by atoms with Crippen molar-refractivity contribution in [2.75, 3.05) is 13.7 Å².